The van der Waals surface area contributed by atoms with Crippen molar-refractivity contribution in [1.82, 2.24) is 10.1 Å². The lowest BCUT2D eigenvalue weighted by molar-refractivity contribution is -0.115. The van der Waals surface area contributed by atoms with Gasteiger partial charge in [-0.3, -0.25) is 4.79 Å². The highest BCUT2D eigenvalue weighted by Gasteiger charge is 2.16. The number of benzene rings is 1. The molecule has 1 aromatic carbocycles. The number of carbonyl (C=O) groups excluding carboxylic acids is 1. The minimum absolute atomic E-state index is 0.117. The average molecular weight is 341 g/mol. The predicted octanol–water partition coefficient (Wildman–Crippen LogP) is 4.21. The fourth-order valence-corrected chi connectivity index (χ4v) is 3.36. The summed E-state index contributed by atoms with van der Waals surface area (Å²) in [5.41, 5.74) is 4.76. The second-order valence-corrected chi connectivity index (χ2v) is 7.02. The number of anilines is 1. The Morgan fingerprint density at radius 2 is 1.88 bits per heavy atom. The molecular weight excluding hydrogens is 322 g/mol. The maximum Gasteiger partial charge on any atom is 0.230 e. The van der Waals surface area contributed by atoms with Crippen molar-refractivity contribution in [3.63, 3.8) is 0 Å². The Balaban J connectivity index is 1.75. The lowest BCUT2D eigenvalue weighted by atomic mass is 10.1. The van der Waals surface area contributed by atoms with Gasteiger partial charge in [0.25, 0.3) is 0 Å². The van der Waals surface area contributed by atoms with Crippen molar-refractivity contribution in [3.05, 3.63) is 51.7 Å². The highest BCUT2D eigenvalue weighted by atomic mass is 32.1. The second kappa shape index (κ2) is 6.57. The first-order valence-electron chi connectivity index (χ1n) is 7.70. The minimum atomic E-state index is -0.117. The largest absolute Gasteiger partial charge is 0.361 e. The molecule has 0 aliphatic carbocycles. The number of thiazole rings is 1. The second-order valence-electron chi connectivity index (χ2n) is 5.82. The number of hydrogen-bond donors (Lipinski definition) is 1. The van der Waals surface area contributed by atoms with E-state index in [1.165, 1.54) is 16.9 Å². The molecule has 0 atom stereocenters. The monoisotopic (exact) mass is 341 g/mol. The van der Waals surface area contributed by atoms with Crippen molar-refractivity contribution in [2.24, 2.45) is 0 Å². The van der Waals surface area contributed by atoms with Crippen LogP contribution in [0.15, 0.2) is 28.8 Å². The molecule has 1 N–H and O–H groups in total. The maximum atomic E-state index is 12.3. The molecule has 0 spiro atoms. The normalized spacial score (nSPS) is 10.8. The number of rotatable bonds is 4. The predicted molar refractivity (Wildman–Crippen MR) is 95.3 cm³/mol. The number of amides is 1. The molecular formula is C18H19N3O2S. The van der Waals surface area contributed by atoms with E-state index in [1.807, 2.05) is 32.9 Å². The van der Waals surface area contributed by atoms with Gasteiger partial charge < -0.3 is 9.84 Å². The summed E-state index contributed by atoms with van der Waals surface area (Å²) >= 11 is 1.48. The Morgan fingerprint density at radius 1 is 1.17 bits per heavy atom. The average Bonchev–Trinajstić information content (AvgIpc) is 3.05. The summed E-state index contributed by atoms with van der Waals surface area (Å²) in [6, 6.07) is 8.22. The summed E-state index contributed by atoms with van der Waals surface area (Å²) in [6.07, 6.45) is 0.236. The summed E-state index contributed by atoms with van der Waals surface area (Å²) in [6.45, 7) is 7.71. The number of aromatic nitrogens is 2. The molecule has 0 saturated carbocycles. The molecule has 0 aliphatic heterocycles. The van der Waals surface area contributed by atoms with Crippen LogP contribution in [-0.4, -0.2) is 16.0 Å². The van der Waals surface area contributed by atoms with Gasteiger partial charge in [-0.25, -0.2) is 4.98 Å². The van der Waals surface area contributed by atoms with Gasteiger partial charge in [0, 0.05) is 16.0 Å². The van der Waals surface area contributed by atoms with Crippen molar-refractivity contribution in [1.29, 1.82) is 0 Å². The number of nitrogens with zero attached hydrogens (tertiary/aromatic N) is 2. The van der Waals surface area contributed by atoms with Gasteiger partial charge >= 0.3 is 0 Å². The van der Waals surface area contributed by atoms with Crippen molar-refractivity contribution in [2.45, 2.75) is 34.1 Å². The molecule has 2 aromatic heterocycles. The lowest BCUT2D eigenvalue weighted by Gasteiger charge is -2.01. The number of aryl methyl sites for hydroxylation is 4. The Morgan fingerprint density at radius 3 is 2.50 bits per heavy atom. The van der Waals surface area contributed by atoms with Crippen LogP contribution in [0, 0.1) is 27.7 Å². The van der Waals surface area contributed by atoms with Crippen molar-refractivity contribution in [3.8, 4) is 11.3 Å². The molecule has 3 rings (SSSR count). The van der Waals surface area contributed by atoms with E-state index in [2.05, 4.69) is 34.5 Å². The van der Waals surface area contributed by atoms with E-state index in [4.69, 9.17) is 4.52 Å². The zero-order chi connectivity index (χ0) is 17.3. The summed E-state index contributed by atoms with van der Waals surface area (Å²) in [4.78, 5) is 17.9. The van der Waals surface area contributed by atoms with Crippen molar-refractivity contribution < 1.29 is 9.32 Å². The van der Waals surface area contributed by atoms with E-state index in [0.29, 0.717) is 10.9 Å². The molecule has 1 amide bonds. The summed E-state index contributed by atoms with van der Waals surface area (Å²) < 4.78 is 5.09. The third-order valence-corrected chi connectivity index (χ3v) is 4.77. The Kier molecular flexibility index (Phi) is 4.49. The molecule has 24 heavy (non-hydrogen) atoms. The molecule has 0 bridgehead atoms. The third kappa shape index (κ3) is 3.38. The third-order valence-electron chi connectivity index (χ3n) is 3.89. The highest BCUT2D eigenvalue weighted by molar-refractivity contribution is 7.16. The topological polar surface area (TPSA) is 68.0 Å². The molecule has 5 nitrogen and oxygen atoms in total. The fraction of sp³-hybridized carbons (Fsp3) is 0.278. The van der Waals surface area contributed by atoms with E-state index in [1.54, 1.807) is 0 Å². The summed E-state index contributed by atoms with van der Waals surface area (Å²) in [5, 5.41) is 7.36. The van der Waals surface area contributed by atoms with Gasteiger partial charge in [0.2, 0.25) is 5.91 Å². The first-order valence-corrected chi connectivity index (χ1v) is 8.51. The van der Waals surface area contributed by atoms with Crippen molar-refractivity contribution in [2.75, 3.05) is 5.32 Å². The van der Waals surface area contributed by atoms with Crippen LogP contribution >= 0.6 is 11.3 Å². The first-order chi connectivity index (χ1) is 11.4. The van der Waals surface area contributed by atoms with Crippen LogP contribution < -0.4 is 5.32 Å². The van der Waals surface area contributed by atoms with Gasteiger partial charge in [-0.15, -0.1) is 11.3 Å². The number of carbonyl (C=O) groups is 1. The Hall–Kier alpha value is -2.47. The Bertz CT molecular complexity index is 859. The van der Waals surface area contributed by atoms with E-state index in [0.717, 1.165) is 27.4 Å². The number of nitrogens with one attached hydrogen (secondary N) is 1. The van der Waals surface area contributed by atoms with Crippen molar-refractivity contribution >= 4 is 22.4 Å². The van der Waals surface area contributed by atoms with Gasteiger partial charge in [-0.2, -0.15) is 0 Å². The van der Waals surface area contributed by atoms with E-state index in [-0.39, 0.29) is 12.3 Å². The van der Waals surface area contributed by atoms with Gasteiger partial charge in [0.15, 0.2) is 5.13 Å². The van der Waals surface area contributed by atoms with Gasteiger partial charge in [0.05, 0.1) is 17.8 Å². The van der Waals surface area contributed by atoms with Crippen LogP contribution in [0.25, 0.3) is 11.3 Å². The molecule has 124 valence electrons. The zero-order valence-electron chi connectivity index (χ0n) is 14.1. The van der Waals surface area contributed by atoms with Gasteiger partial charge in [-0.1, -0.05) is 35.0 Å². The summed E-state index contributed by atoms with van der Waals surface area (Å²) in [5.74, 6) is 0.562. The molecule has 2 heterocycles. The first kappa shape index (κ1) is 16.4. The summed E-state index contributed by atoms with van der Waals surface area (Å²) in [7, 11) is 0. The maximum absolute atomic E-state index is 12.3. The molecule has 0 fully saturated rings. The van der Waals surface area contributed by atoms with Crippen LogP contribution in [0.4, 0.5) is 5.13 Å². The van der Waals surface area contributed by atoms with Gasteiger partial charge in [0.1, 0.15) is 5.76 Å². The highest BCUT2D eigenvalue weighted by Crippen LogP contribution is 2.30. The fourth-order valence-electron chi connectivity index (χ4n) is 2.51. The van der Waals surface area contributed by atoms with E-state index in [9.17, 15) is 4.79 Å². The number of hydrogen-bond acceptors (Lipinski definition) is 5. The lowest BCUT2D eigenvalue weighted by Crippen LogP contribution is -2.15. The molecule has 0 saturated heterocycles. The van der Waals surface area contributed by atoms with E-state index < -0.39 is 0 Å². The smallest absolute Gasteiger partial charge is 0.230 e. The standard InChI is InChI=1S/C18H19N3O2S/c1-10-5-7-14(8-6-10)17-13(4)24-18(20-17)19-16(22)9-15-11(2)21-23-12(15)3/h5-8H,9H2,1-4H3,(H,19,20,22). The van der Waals surface area contributed by atoms with Crippen LogP contribution in [-0.2, 0) is 11.2 Å². The minimum Gasteiger partial charge on any atom is -0.361 e. The van der Waals surface area contributed by atoms with Crippen LogP contribution in [0.5, 0.6) is 0 Å². The molecule has 3 aromatic rings. The molecule has 0 radical (unpaired) electrons. The SMILES string of the molecule is Cc1ccc(-c2nc(NC(=O)Cc3c(C)noc3C)sc2C)cc1. The zero-order valence-corrected chi connectivity index (χ0v) is 15.0. The van der Waals surface area contributed by atoms with Gasteiger partial charge in [-0.05, 0) is 27.7 Å². The quantitative estimate of drug-likeness (QED) is 0.772. The Labute approximate surface area is 144 Å². The van der Waals surface area contributed by atoms with Crippen LogP contribution in [0.1, 0.15) is 27.5 Å². The molecule has 0 unspecified atom stereocenters. The van der Waals surface area contributed by atoms with Crippen LogP contribution in [0.2, 0.25) is 0 Å². The van der Waals surface area contributed by atoms with E-state index >= 15 is 0 Å². The van der Waals surface area contributed by atoms with Crippen LogP contribution in [0.3, 0.4) is 0 Å². The molecule has 6 heteroatoms. The molecule has 0 aliphatic rings.